The van der Waals surface area contributed by atoms with Gasteiger partial charge in [0.05, 0.1) is 0 Å². The third-order valence-electron chi connectivity index (χ3n) is 2.84. The number of carbonyl (C=O) groups is 1. The van der Waals surface area contributed by atoms with E-state index in [1.807, 2.05) is 13.8 Å². The van der Waals surface area contributed by atoms with E-state index in [1.165, 1.54) is 25.7 Å². The first kappa shape index (κ1) is 10.6. The third-order valence-corrected chi connectivity index (χ3v) is 2.84. The summed E-state index contributed by atoms with van der Waals surface area (Å²) in [6.45, 7) is 4.03. The highest BCUT2D eigenvalue weighted by Crippen LogP contribution is 2.29. The molecule has 0 bridgehead atoms. The first-order valence-corrected chi connectivity index (χ1v) is 5.43. The maximum atomic E-state index is 11.2. The zero-order valence-corrected chi connectivity index (χ0v) is 8.71. The summed E-state index contributed by atoms with van der Waals surface area (Å²) < 4.78 is 5.34. The molecule has 1 atom stereocenters. The molecule has 0 spiro atoms. The van der Waals surface area contributed by atoms with Gasteiger partial charge in [-0.3, -0.25) is 4.79 Å². The van der Waals surface area contributed by atoms with Gasteiger partial charge < -0.3 is 4.74 Å². The summed E-state index contributed by atoms with van der Waals surface area (Å²) in [4.78, 5) is 11.2. The Balaban J connectivity index is 2.22. The van der Waals surface area contributed by atoms with Crippen molar-refractivity contribution in [1.82, 2.24) is 0 Å². The molecule has 1 unspecified atom stereocenters. The van der Waals surface area contributed by atoms with Gasteiger partial charge in [-0.25, -0.2) is 0 Å². The fraction of sp³-hybridized carbons (Fsp3) is 0.909. The van der Waals surface area contributed by atoms with Crippen LogP contribution in [0, 0.1) is 5.92 Å². The second-order valence-electron chi connectivity index (χ2n) is 3.99. The number of ether oxygens (including phenoxy) is 1. The van der Waals surface area contributed by atoms with Crippen molar-refractivity contribution in [3.8, 4) is 0 Å². The largest absolute Gasteiger partial charge is 0.462 e. The lowest BCUT2D eigenvalue weighted by Crippen LogP contribution is -2.21. The van der Waals surface area contributed by atoms with Gasteiger partial charge in [0.25, 0.3) is 0 Å². The highest BCUT2D eigenvalue weighted by molar-refractivity contribution is 5.69. The van der Waals surface area contributed by atoms with Crippen LogP contribution in [0.2, 0.25) is 0 Å². The molecule has 1 aliphatic carbocycles. The summed E-state index contributed by atoms with van der Waals surface area (Å²) in [5.74, 6) is 0.600. The topological polar surface area (TPSA) is 26.3 Å². The summed E-state index contributed by atoms with van der Waals surface area (Å²) in [7, 11) is 0. The molecular formula is C11H20O2. The van der Waals surface area contributed by atoms with Crippen LogP contribution < -0.4 is 0 Å². The van der Waals surface area contributed by atoms with Gasteiger partial charge >= 0.3 is 5.97 Å². The predicted molar refractivity (Wildman–Crippen MR) is 52.4 cm³/mol. The Kier molecular flexibility index (Phi) is 4.26. The number of hydrogen-bond donors (Lipinski definition) is 0. The molecule has 1 fully saturated rings. The van der Waals surface area contributed by atoms with Crippen molar-refractivity contribution in [2.75, 3.05) is 0 Å². The van der Waals surface area contributed by atoms with E-state index >= 15 is 0 Å². The van der Waals surface area contributed by atoms with E-state index < -0.39 is 0 Å². The van der Waals surface area contributed by atoms with Gasteiger partial charge in [-0.1, -0.05) is 19.8 Å². The van der Waals surface area contributed by atoms with Crippen LogP contribution >= 0.6 is 0 Å². The van der Waals surface area contributed by atoms with Crippen LogP contribution in [0.3, 0.4) is 0 Å². The molecule has 0 aromatic rings. The average Bonchev–Trinajstić information content (AvgIpc) is 2.55. The zero-order valence-electron chi connectivity index (χ0n) is 8.71. The molecule has 0 amide bonds. The summed E-state index contributed by atoms with van der Waals surface area (Å²) in [6.07, 6.45) is 6.68. The minimum absolute atomic E-state index is 0.0260. The SMILES string of the molecule is CCCC(=O)OC(C)C1CCCC1. The Morgan fingerprint density at radius 1 is 1.46 bits per heavy atom. The Morgan fingerprint density at radius 2 is 2.08 bits per heavy atom. The molecular weight excluding hydrogens is 164 g/mol. The molecule has 1 rings (SSSR count). The smallest absolute Gasteiger partial charge is 0.306 e. The number of rotatable bonds is 4. The van der Waals surface area contributed by atoms with Gasteiger partial charge in [-0.2, -0.15) is 0 Å². The Bertz CT molecular complexity index is 159. The van der Waals surface area contributed by atoms with Crippen molar-refractivity contribution >= 4 is 5.97 Å². The average molecular weight is 184 g/mol. The van der Waals surface area contributed by atoms with Crippen molar-refractivity contribution in [1.29, 1.82) is 0 Å². The summed E-state index contributed by atoms with van der Waals surface area (Å²) >= 11 is 0. The molecule has 0 aliphatic heterocycles. The van der Waals surface area contributed by atoms with Crippen molar-refractivity contribution < 1.29 is 9.53 Å². The summed E-state index contributed by atoms with van der Waals surface area (Å²) in [6, 6.07) is 0. The van der Waals surface area contributed by atoms with Crippen LogP contribution in [0.15, 0.2) is 0 Å². The molecule has 0 N–H and O–H groups in total. The molecule has 2 heteroatoms. The zero-order chi connectivity index (χ0) is 9.68. The summed E-state index contributed by atoms with van der Waals surface area (Å²) in [5.41, 5.74) is 0. The van der Waals surface area contributed by atoms with Crippen LogP contribution in [-0.4, -0.2) is 12.1 Å². The standard InChI is InChI=1S/C11H20O2/c1-3-6-11(12)13-9(2)10-7-4-5-8-10/h9-10H,3-8H2,1-2H3. The predicted octanol–water partition coefficient (Wildman–Crippen LogP) is 2.91. The lowest BCUT2D eigenvalue weighted by molar-refractivity contribution is -0.150. The van der Waals surface area contributed by atoms with E-state index in [2.05, 4.69) is 0 Å². The number of esters is 1. The van der Waals surface area contributed by atoms with Crippen LogP contribution in [0.4, 0.5) is 0 Å². The van der Waals surface area contributed by atoms with E-state index in [4.69, 9.17) is 4.74 Å². The first-order valence-electron chi connectivity index (χ1n) is 5.43. The number of carbonyl (C=O) groups excluding carboxylic acids is 1. The van der Waals surface area contributed by atoms with E-state index in [0.29, 0.717) is 12.3 Å². The Hall–Kier alpha value is -0.530. The highest BCUT2D eigenvalue weighted by atomic mass is 16.5. The minimum atomic E-state index is -0.0260. The van der Waals surface area contributed by atoms with Crippen LogP contribution in [0.5, 0.6) is 0 Å². The molecule has 13 heavy (non-hydrogen) atoms. The fourth-order valence-electron chi connectivity index (χ4n) is 1.99. The van der Waals surface area contributed by atoms with Gasteiger partial charge in [-0.15, -0.1) is 0 Å². The van der Waals surface area contributed by atoms with Gasteiger partial charge in [-0.05, 0) is 32.1 Å². The van der Waals surface area contributed by atoms with Gasteiger partial charge in [0.1, 0.15) is 6.10 Å². The Morgan fingerprint density at radius 3 is 2.62 bits per heavy atom. The van der Waals surface area contributed by atoms with Gasteiger partial charge in [0, 0.05) is 6.42 Å². The second-order valence-corrected chi connectivity index (χ2v) is 3.99. The molecule has 1 aliphatic rings. The van der Waals surface area contributed by atoms with Crippen molar-refractivity contribution in [2.24, 2.45) is 5.92 Å². The van der Waals surface area contributed by atoms with E-state index in [9.17, 15) is 4.79 Å². The lowest BCUT2D eigenvalue weighted by Gasteiger charge is -2.19. The Labute approximate surface area is 80.7 Å². The van der Waals surface area contributed by atoms with Gasteiger partial charge in [0.15, 0.2) is 0 Å². The van der Waals surface area contributed by atoms with Crippen molar-refractivity contribution in [3.63, 3.8) is 0 Å². The van der Waals surface area contributed by atoms with Crippen molar-refractivity contribution in [2.45, 2.75) is 58.5 Å². The molecule has 0 radical (unpaired) electrons. The monoisotopic (exact) mass is 184 g/mol. The van der Waals surface area contributed by atoms with E-state index in [-0.39, 0.29) is 12.1 Å². The molecule has 0 saturated heterocycles. The molecule has 2 nitrogen and oxygen atoms in total. The van der Waals surface area contributed by atoms with Crippen LogP contribution in [0.1, 0.15) is 52.4 Å². The molecule has 1 saturated carbocycles. The second kappa shape index (κ2) is 5.25. The normalized spacial score (nSPS) is 20.2. The third kappa shape index (κ3) is 3.37. The van der Waals surface area contributed by atoms with Crippen LogP contribution in [0.25, 0.3) is 0 Å². The molecule has 0 aromatic carbocycles. The molecule has 0 heterocycles. The summed E-state index contributed by atoms with van der Waals surface area (Å²) in [5, 5.41) is 0. The van der Waals surface area contributed by atoms with E-state index in [1.54, 1.807) is 0 Å². The first-order chi connectivity index (χ1) is 6.24. The van der Waals surface area contributed by atoms with Crippen LogP contribution in [-0.2, 0) is 9.53 Å². The molecule has 76 valence electrons. The lowest BCUT2D eigenvalue weighted by atomic mass is 10.0. The fourth-order valence-corrected chi connectivity index (χ4v) is 1.99. The van der Waals surface area contributed by atoms with Gasteiger partial charge in [0.2, 0.25) is 0 Å². The van der Waals surface area contributed by atoms with Crippen molar-refractivity contribution in [3.05, 3.63) is 0 Å². The maximum absolute atomic E-state index is 11.2. The quantitative estimate of drug-likeness (QED) is 0.628. The van der Waals surface area contributed by atoms with E-state index in [0.717, 1.165) is 6.42 Å². The molecule has 0 aromatic heterocycles. The minimum Gasteiger partial charge on any atom is -0.462 e. The highest BCUT2D eigenvalue weighted by Gasteiger charge is 2.23. The number of hydrogen-bond acceptors (Lipinski definition) is 2. The maximum Gasteiger partial charge on any atom is 0.306 e.